The van der Waals surface area contributed by atoms with Crippen LogP contribution in [0.2, 0.25) is 0 Å². The molecule has 0 saturated carbocycles. The highest BCUT2D eigenvalue weighted by Gasteiger charge is 2.30. The maximum atomic E-state index is 11.8. The molecular weight excluding hydrogens is 305 g/mol. The van der Waals surface area contributed by atoms with Crippen molar-refractivity contribution in [2.45, 2.75) is 56.1 Å². The van der Waals surface area contributed by atoms with E-state index in [4.69, 9.17) is 4.74 Å². The van der Waals surface area contributed by atoms with E-state index < -0.39 is 5.60 Å². The first-order chi connectivity index (χ1) is 6.79. The Labute approximate surface area is 106 Å². The molecule has 0 radical (unpaired) electrons. The highest BCUT2D eigenvalue weighted by Crippen LogP contribution is 2.24. The third kappa shape index (κ3) is 4.17. The van der Waals surface area contributed by atoms with Gasteiger partial charge in [-0.1, -0.05) is 22.6 Å². The summed E-state index contributed by atoms with van der Waals surface area (Å²) in [5.41, 5.74) is -0.391. The van der Waals surface area contributed by atoms with Crippen LogP contribution < -0.4 is 0 Å². The maximum absolute atomic E-state index is 11.8. The van der Waals surface area contributed by atoms with E-state index in [2.05, 4.69) is 29.5 Å². The average molecular weight is 325 g/mol. The molecule has 88 valence electrons. The molecule has 0 aromatic heterocycles. The molecule has 0 aromatic carbocycles. The molecule has 1 saturated heterocycles. The van der Waals surface area contributed by atoms with E-state index >= 15 is 0 Å². The number of piperidine rings is 1. The van der Waals surface area contributed by atoms with Crippen molar-refractivity contribution in [3.63, 3.8) is 0 Å². The normalized spacial score (nSPS) is 27.7. The summed E-state index contributed by atoms with van der Waals surface area (Å²) in [5, 5.41) is 0. The van der Waals surface area contributed by atoms with E-state index in [1.807, 2.05) is 25.7 Å². The first-order valence-electron chi connectivity index (χ1n) is 5.43. The number of carbonyl (C=O) groups excluding carboxylic acids is 1. The number of hydrogen-bond acceptors (Lipinski definition) is 2. The van der Waals surface area contributed by atoms with E-state index in [1.165, 1.54) is 0 Å². The van der Waals surface area contributed by atoms with Crippen LogP contribution in [0, 0.1) is 0 Å². The molecule has 1 rings (SSSR count). The summed E-state index contributed by atoms with van der Waals surface area (Å²) in [5.74, 6) is 0. The Morgan fingerprint density at radius 2 is 2.07 bits per heavy atom. The Balaban J connectivity index is 2.53. The Hall–Kier alpha value is 0. The summed E-state index contributed by atoms with van der Waals surface area (Å²) in [7, 11) is 0. The van der Waals surface area contributed by atoms with Gasteiger partial charge in [-0.15, -0.1) is 0 Å². The smallest absolute Gasteiger partial charge is 0.410 e. The number of alkyl halides is 1. The quantitative estimate of drug-likeness (QED) is 0.506. The molecule has 15 heavy (non-hydrogen) atoms. The van der Waals surface area contributed by atoms with Gasteiger partial charge in [0.25, 0.3) is 0 Å². The third-order valence-corrected chi connectivity index (χ3v) is 3.57. The second kappa shape index (κ2) is 4.89. The molecule has 1 amide bonds. The maximum Gasteiger partial charge on any atom is 0.410 e. The van der Waals surface area contributed by atoms with Gasteiger partial charge >= 0.3 is 6.09 Å². The van der Waals surface area contributed by atoms with Crippen LogP contribution in [0.5, 0.6) is 0 Å². The monoisotopic (exact) mass is 325 g/mol. The Bertz CT molecular complexity index is 237. The summed E-state index contributed by atoms with van der Waals surface area (Å²) < 4.78 is 6.06. The molecule has 4 heteroatoms. The zero-order chi connectivity index (χ0) is 11.6. The van der Waals surface area contributed by atoms with Gasteiger partial charge in [-0.05, 0) is 40.5 Å². The lowest BCUT2D eigenvalue weighted by molar-refractivity contribution is 0.0129. The third-order valence-electron chi connectivity index (χ3n) is 2.44. The van der Waals surface area contributed by atoms with Crippen molar-refractivity contribution in [2.75, 3.05) is 6.54 Å². The van der Waals surface area contributed by atoms with Crippen molar-refractivity contribution in [1.82, 2.24) is 4.90 Å². The largest absolute Gasteiger partial charge is 0.444 e. The molecule has 1 unspecified atom stereocenters. The van der Waals surface area contributed by atoms with Gasteiger partial charge in [0.2, 0.25) is 0 Å². The lowest BCUT2D eigenvalue weighted by atomic mass is 10.0. The minimum atomic E-state index is -0.391. The zero-order valence-corrected chi connectivity index (χ0v) is 12.1. The molecule has 1 fully saturated rings. The van der Waals surface area contributed by atoms with E-state index in [0.29, 0.717) is 9.97 Å². The van der Waals surface area contributed by atoms with Gasteiger partial charge in [-0.25, -0.2) is 4.79 Å². The van der Waals surface area contributed by atoms with E-state index in [-0.39, 0.29) is 6.09 Å². The number of hydrogen-bond donors (Lipinski definition) is 0. The number of carbonyl (C=O) groups is 1. The second-order valence-electron chi connectivity index (χ2n) is 5.14. The van der Waals surface area contributed by atoms with Crippen molar-refractivity contribution in [2.24, 2.45) is 0 Å². The van der Waals surface area contributed by atoms with Crippen LogP contribution >= 0.6 is 22.6 Å². The fourth-order valence-corrected chi connectivity index (χ4v) is 2.72. The van der Waals surface area contributed by atoms with Crippen LogP contribution in [-0.2, 0) is 4.74 Å². The van der Waals surface area contributed by atoms with Crippen molar-refractivity contribution < 1.29 is 9.53 Å². The molecule has 0 spiro atoms. The number of ether oxygens (including phenoxy) is 1. The zero-order valence-electron chi connectivity index (χ0n) is 9.92. The van der Waals surface area contributed by atoms with Crippen molar-refractivity contribution in [1.29, 1.82) is 0 Å². The molecular formula is C11H20INO2. The fourth-order valence-electron chi connectivity index (χ4n) is 1.71. The van der Waals surface area contributed by atoms with Gasteiger partial charge < -0.3 is 9.64 Å². The predicted octanol–water partition coefficient (Wildman–Crippen LogP) is 3.21. The molecule has 0 bridgehead atoms. The molecule has 1 aliphatic heterocycles. The van der Waals surface area contributed by atoms with Gasteiger partial charge in [0.15, 0.2) is 0 Å². The van der Waals surface area contributed by atoms with Gasteiger partial charge in [0, 0.05) is 16.5 Å². The van der Waals surface area contributed by atoms with Crippen LogP contribution in [0.15, 0.2) is 0 Å². The summed E-state index contributed by atoms with van der Waals surface area (Å²) in [6.07, 6.45) is 1.97. The second-order valence-corrected chi connectivity index (χ2v) is 6.91. The SMILES string of the molecule is C[C@@H]1CC(I)CCN1C(=O)OC(C)(C)C. The van der Waals surface area contributed by atoms with Crippen LogP contribution in [0.25, 0.3) is 0 Å². The lowest BCUT2D eigenvalue weighted by Gasteiger charge is -2.36. The van der Waals surface area contributed by atoms with Crippen LogP contribution in [0.1, 0.15) is 40.5 Å². The van der Waals surface area contributed by atoms with Gasteiger partial charge in [0.05, 0.1) is 0 Å². The van der Waals surface area contributed by atoms with Crippen LogP contribution in [0.4, 0.5) is 4.79 Å². The Kier molecular flexibility index (Phi) is 4.26. The Morgan fingerprint density at radius 3 is 2.53 bits per heavy atom. The topological polar surface area (TPSA) is 29.5 Å². The standard InChI is InChI=1S/C11H20INO2/c1-8-7-9(12)5-6-13(8)10(14)15-11(2,3)4/h8-9H,5-7H2,1-4H3/t8-,9?/m1/s1. The molecule has 1 heterocycles. The van der Waals surface area contributed by atoms with E-state index in [1.54, 1.807) is 0 Å². The predicted molar refractivity (Wildman–Crippen MR) is 69.4 cm³/mol. The molecule has 0 N–H and O–H groups in total. The highest BCUT2D eigenvalue weighted by atomic mass is 127. The molecule has 2 atom stereocenters. The minimum absolute atomic E-state index is 0.168. The summed E-state index contributed by atoms with van der Waals surface area (Å²) in [6, 6.07) is 0.301. The minimum Gasteiger partial charge on any atom is -0.444 e. The van der Waals surface area contributed by atoms with Crippen LogP contribution in [-0.4, -0.2) is 33.1 Å². The van der Waals surface area contributed by atoms with Gasteiger partial charge in [-0.2, -0.15) is 0 Å². The average Bonchev–Trinajstić information content (AvgIpc) is 1.99. The summed E-state index contributed by atoms with van der Waals surface area (Å²) >= 11 is 2.45. The highest BCUT2D eigenvalue weighted by molar-refractivity contribution is 14.1. The first-order valence-corrected chi connectivity index (χ1v) is 6.68. The van der Waals surface area contributed by atoms with E-state index in [9.17, 15) is 4.79 Å². The van der Waals surface area contributed by atoms with Crippen molar-refractivity contribution >= 4 is 28.7 Å². The summed E-state index contributed by atoms with van der Waals surface area (Å²) in [4.78, 5) is 13.7. The van der Waals surface area contributed by atoms with E-state index in [0.717, 1.165) is 19.4 Å². The first kappa shape index (κ1) is 13.1. The molecule has 1 aliphatic rings. The summed E-state index contributed by atoms with van der Waals surface area (Å²) in [6.45, 7) is 8.63. The lowest BCUT2D eigenvalue weighted by Crippen LogP contribution is -2.47. The molecule has 0 aromatic rings. The number of amides is 1. The fraction of sp³-hybridized carbons (Fsp3) is 0.909. The van der Waals surface area contributed by atoms with Crippen molar-refractivity contribution in [3.8, 4) is 0 Å². The van der Waals surface area contributed by atoms with Gasteiger partial charge in [0.1, 0.15) is 5.60 Å². The number of likely N-dealkylation sites (tertiary alicyclic amines) is 1. The van der Waals surface area contributed by atoms with Gasteiger partial charge in [-0.3, -0.25) is 0 Å². The number of halogens is 1. The van der Waals surface area contributed by atoms with Crippen molar-refractivity contribution in [3.05, 3.63) is 0 Å². The Morgan fingerprint density at radius 1 is 1.47 bits per heavy atom. The molecule has 0 aliphatic carbocycles. The number of rotatable bonds is 0. The van der Waals surface area contributed by atoms with Crippen LogP contribution in [0.3, 0.4) is 0 Å². The number of nitrogens with zero attached hydrogens (tertiary/aromatic N) is 1. The molecule has 3 nitrogen and oxygen atoms in total.